The number of carbonyl (C=O) groups excluding carboxylic acids is 1. The van der Waals surface area contributed by atoms with E-state index in [2.05, 4.69) is 53.4 Å². The van der Waals surface area contributed by atoms with Crippen molar-refractivity contribution in [2.45, 2.75) is 45.3 Å². The van der Waals surface area contributed by atoms with E-state index in [1.165, 1.54) is 17.3 Å². The van der Waals surface area contributed by atoms with Crippen LogP contribution in [0.25, 0.3) is 11.4 Å². The lowest BCUT2D eigenvalue weighted by Crippen LogP contribution is -2.37. The molecule has 124 valence electrons. The van der Waals surface area contributed by atoms with E-state index >= 15 is 0 Å². The van der Waals surface area contributed by atoms with Crippen LogP contribution in [0.3, 0.4) is 0 Å². The highest BCUT2D eigenvalue weighted by Gasteiger charge is 2.12. The molecule has 0 spiro atoms. The van der Waals surface area contributed by atoms with Gasteiger partial charge in [-0.15, -0.1) is 5.10 Å². The fourth-order valence-electron chi connectivity index (χ4n) is 1.93. The fraction of sp³-hybridized carbons (Fsp3) is 0.471. The number of aromatic nitrogens is 3. The van der Waals surface area contributed by atoms with Crippen LogP contribution in [0.5, 0.6) is 0 Å². The zero-order chi connectivity index (χ0) is 16.8. The van der Waals surface area contributed by atoms with Gasteiger partial charge in [-0.25, -0.2) is 4.98 Å². The number of nitrogens with zero attached hydrogens (tertiary/aromatic N) is 2. The largest absolute Gasteiger partial charge is 0.353 e. The zero-order valence-electron chi connectivity index (χ0n) is 14.1. The van der Waals surface area contributed by atoms with Gasteiger partial charge in [-0.3, -0.25) is 9.89 Å². The summed E-state index contributed by atoms with van der Waals surface area (Å²) in [5.74, 6) is 1.48. The quantitative estimate of drug-likeness (QED) is 0.763. The lowest BCUT2D eigenvalue weighted by Gasteiger charge is -2.16. The number of amides is 1. The van der Waals surface area contributed by atoms with Crippen molar-refractivity contribution in [3.05, 3.63) is 29.8 Å². The first-order valence-electron chi connectivity index (χ1n) is 7.93. The number of thioether (sulfide) groups is 1. The summed E-state index contributed by atoms with van der Waals surface area (Å²) in [5.41, 5.74) is 2.29. The maximum atomic E-state index is 11.9. The maximum absolute atomic E-state index is 11.9. The van der Waals surface area contributed by atoms with Gasteiger partial charge in [0.15, 0.2) is 5.82 Å². The Bertz CT molecular complexity index is 636. The predicted molar refractivity (Wildman–Crippen MR) is 94.4 cm³/mol. The molecular weight excluding hydrogens is 308 g/mol. The summed E-state index contributed by atoms with van der Waals surface area (Å²) in [5, 5.41) is 10.7. The monoisotopic (exact) mass is 332 g/mol. The molecule has 6 heteroatoms. The van der Waals surface area contributed by atoms with Crippen molar-refractivity contribution < 1.29 is 4.79 Å². The maximum Gasteiger partial charge on any atom is 0.230 e. The van der Waals surface area contributed by atoms with Crippen LogP contribution in [0, 0.1) is 5.92 Å². The Kier molecular flexibility index (Phi) is 6.21. The Labute approximate surface area is 141 Å². The second-order valence-electron chi connectivity index (χ2n) is 5.91. The third-order valence-electron chi connectivity index (χ3n) is 3.82. The molecule has 1 aromatic carbocycles. The molecule has 0 aliphatic heterocycles. The topological polar surface area (TPSA) is 70.7 Å². The minimum Gasteiger partial charge on any atom is -0.353 e. The molecule has 0 fully saturated rings. The molecule has 5 nitrogen and oxygen atoms in total. The number of hydrogen-bond donors (Lipinski definition) is 2. The van der Waals surface area contributed by atoms with E-state index < -0.39 is 0 Å². The number of rotatable bonds is 7. The number of hydrogen-bond acceptors (Lipinski definition) is 4. The first kappa shape index (κ1) is 17.5. The van der Waals surface area contributed by atoms with Crippen LogP contribution in [0.2, 0.25) is 0 Å². The van der Waals surface area contributed by atoms with Crippen molar-refractivity contribution >= 4 is 17.7 Å². The summed E-state index contributed by atoms with van der Waals surface area (Å²) in [6.45, 7) is 8.31. The van der Waals surface area contributed by atoms with Crippen LogP contribution in [-0.4, -0.2) is 32.9 Å². The van der Waals surface area contributed by atoms with Crippen LogP contribution in [0.15, 0.2) is 29.4 Å². The minimum atomic E-state index is 0.00912. The van der Waals surface area contributed by atoms with E-state index in [-0.39, 0.29) is 11.9 Å². The highest BCUT2D eigenvalue weighted by molar-refractivity contribution is 7.99. The fourth-order valence-corrected chi connectivity index (χ4v) is 2.54. The van der Waals surface area contributed by atoms with Crippen molar-refractivity contribution in [1.82, 2.24) is 20.5 Å². The van der Waals surface area contributed by atoms with Gasteiger partial charge in [-0.1, -0.05) is 56.8 Å². The average molecular weight is 332 g/mol. The smallest absolute Gasteiger partial charge is 0.230 e. The lowest BCUT2D eigenvalue weighted by atomic mass is 10.1. The van der Waals surface area contributed by atoms with E-state index in [1.54, 1.807) is 0 Å². The van der Waals surface area contributed by atoms with E-state index in [1.807, 2.05) is 19.1 Å². The van der Waals surface area contributed by atoms with E-state index in [4.69, 9.17) is 0 Å². The molecule has 1 atom stereocenters. The van der Waals surface area contributed by atoms with Crippen molar-refractivity contribution in [2.24, 2.45) is 5.92 Å². The molecule has 23 heavy (non-hydrogen) atoms. The van der Waals surface area contributed by atoms with Crippen molar-refractivity contribution in [3.8, 4) is 11.4 Å². The number of nitrogens with one attached hydrogen (secondary N) is 2. The van der Waals surface area contributed by atoms with Crippen molar-refractivity contribution in [3.63, 3.8) is 0 Å². The van der Waals surface area contributed by atoms with Gasteiger partial charge in [-0.05, 0) is 24.8 Å². The predicted octanol–water partition coefficient (Wildman–Crippen LogP) is 3.29. The third-order valence-corrected chi connectivity index (χ3v) is 4.67. The van der Waals surface area contributed by atoms with Gasteiger partial charge in [-0.2, -0.15) is 0 Å². The van der Waals surface area contributed by atoms with Gasteiger partial charge in [0, 0.05) is 11.6 Å². The highest BCUT2D eigenvalue weighted by Crippen LogP contribution is 2.19. The summed E-state index contributed by atoms with van der Waals surface area (Å²) in [4.78, 5) is 16.3. The Morgan fingerprint density at radius 2 is 1.96 bits per heavy atom. The molecule has 1 heterocycles. The molecule has 0 aliphatic rings. The summed E-state index contributed by atoms with van der Waals surface area (Å²) in [7, 11) is 0. The van der Waals surface area contributed by atoms with Crippen LogP contribution >= 0.6 is 11.8 Å². The summed E-state index contributed by atoms with van der Waals surface area (Å²) in [6, 6.07) is 8.41. The highest BCUT2D eigenvalue weighted by atomic mass is 32.2. The first-order valence-corrected chi connectivity index (χ1v) is 8.92. The zero-order valence-corrected chi connectivity index (χ0v) is 14.9. The molecule has 0 saturated carbocycles. The van der Waals surface area contributed by atoms with Gasteiger partial charge in [0.1, 0.15) is 0 Å². The Morgan fingerprint density at radius 3 is 2.57 bits per heavy atom. The standard InChI is InChI=1S/C17H24N4OS/c1-5-13-6-8-14(9-7-13)16-19-17(21-20-16)23-10-15(22)18-12(4)11(2)3/h6-9,11-12H,5,10H2,1-4H3,(H,18,22)(H,19,20,21)/t12-/m1/s1. The molecule has 2 aromatic rings. The Balaban J connectivity index is 1.90. The van der Waals surface area contributed by atoms with E-state index in [0.29, 0.717) is 16.8 Å². The Morgan fingerprint density at radius 1 is 1.26 bits per heavy atom. The van der Waals surface area contributed by atoms with E-state index in [9.17, 15) is 4.79 Å². The van der Waals surface area contributed by atoms with Crippen molar-refractivity contribution in [2.75, 3.05) is 5.75 Å². The number of aromatic amines is 1. The Hall–Kier alpha value is -1.82. The number of H-pyrrole nitrogens is 1. The number of aryl methyl sites for hydroxylation is 1. The van der Waals surface area contributed by atoms with Gasteiger partial charge in [0.25, 0.3) is 0 Å². The molecule has 0 unspecified atom stereocenters. The van der Waals surface area contributed by atoms with Gasteiger partial charge >= 0.3 is 0 Å². The summed E-state index contributed by atoms with van der Waals surface area (Å²) in [6.07, 6.45) is 1.02. The second-order valence-corrected chi connectivity index (χ2v) is 6.85. The van der Waals surface area contributed by atoms with Gasteiger partial charge in [0.05, 0.1) is 5.75 Å². The van der Waals surface area contributed by atoms with Gasteiger partial charge in [0.2, 0.25) is 11.1 Å². The SMILES string of the molecule is CCc1ccc(-c2nc(SCC(=O)N[C@H](C)C(C)C)n[nH]2)cc1. The molecule has 0 aliphatic carbocycles. The van der Waals surface area contributed by atoms with Crippen LogP contribution in [0.1, 0.15) is 33.3 Å². The number of carbonyl (C=O) groups is 1. The molecule has 0 bridgehead atoms. The van der Waals surface area contributed by atoms with Crippen molar-refractivity contribution in [1.29, 1.82) is 0 Å². The second kappa shape index (κ2) is 8.15. The first-order chi connectivity index (χ1) is 11.0. The minimum absolute atomic E-state index is 0.00912. The number of benzene rings is 1. The van der Waals surface area contributed by atoms with Crippen LogP contribution in [-0.2, 0) is 11.2 Å². The molecule has 0 saturated heterocycles. The van der Waals surface area contributed by atoms with Crippen LogP contribution < -0.4 is 5.32 Å². The lowest BCUT2D eigenvalue weighted by molar-refractivity contribution is -0.119. The summed E-state index contributed by atoms with van der Waals surface area (Å²) < 4.78 is 0. The molecule has 0 radical (unpaired) electrons. The van der Waals surface area contributed by atoms with Gasteiger partial charge < -0.3 is 5.32 Å². The summed E-state index contributed by atoms with van der Waals surface area (Å²) >= 11 is 1.34. The average Bonchev–Trinajstić information content (AvgIpc) is 3.02. The normalized spacial score (nSPS) is 12.4. The third kappa shape index (κ3) is 5.10. The molecular formula is C17H24N4OS. The molecule has 1 amide bonds. The van der Waals surface area contributed by atoms with Crippen LogP contribution in [0.4, 0.5) is 0 Å². The molecule has 2 N–H and O–H groups in total. The molecule has 2 rings (SSSR count). The van der Waals surface area contributed by atoms with E-state index in [0.717, 1.165) is 17.8 Å². The molecule has 1 aromatic heterocycles.